The zero-order valence-corrected chi connectivity index (χ0v) is 20.2. The number of ketones is 1. The third-order valence-corrected chi connectivity index (χ3v) is 6.82. The van der Waals surface area contributed by atoms with E-state index in [0.717, 1.165) is 17.0 Å². The number of aryl methyl sites for hydroxylation is 1. The molecule has 0 bridgehead atoms. The van der Waals surface area contributed by atoms with E-state index < -0.39 is 22.6 Å². The van der Waals surface area contributed by atoms with Crippen LogP contribution in [-0.4, -0.2) is 45.1 Å². The van der Waals surface area contributed by atoms with Crippen LogP contribution in [-0.2, 0) is 32.6 Å². The molecule has 0 radical (unpaired) electrons. The van der Waals surface area contributed by atoms with Crippen molar-refractivity contribution in [1.29, 1.82) is 0 Å². The van der Waals surface area contributed by atoms with Crippen molar-refractivity contribution in [3.8, 4) is 0 Å². The maximum Gasteiger partial charge on any atom is 0.338 e. The second-order valence-electron chi connectivity index (χ2n) is 7.77. The van der Waals surface area contributed by atoms with Crippen molar-refractivity contribution >= 4 is 21.8 Å². The summed E-state index contributed by atoms with van der Waals surface area (Å²) in [5.74, 6) is -1.11. The van der Waals surface area contributed by atoms with Crippen LogP contribution in [0.4, 0.5) is 0 Å². The second-order valence-corrected chi connectivity index (χ2v) is 9.53. The number of nitrogens with zero attached hydrogens (tertiary/aromatic N) is 1. The second kappa shape index (κ2) is 11.2. The van der Waals surface area contributed by atoms with E-state index in [1.54, 1.807) is 13.2 Å². The van der Waals surface area contributed by atoms with E-state index in [1.165, 1.54) is 24.3 Å². The summed E-state index contributed by atoms with van der Waals surface area (Å²) >= 11 is 0. The fourth-order valence-electron chi connectivity index (χ4n) is 3.55. The molecule has 0 unspecified atom stereocenters. The van der Waals surface area contributed by atoms with Crippen molar-refractivity contribution in [2.45, 2.75) is 31.8 Å². The molecule has 1 heterocycles. The highest BCUT2D eigenvalue weighted by molar-refractivity contribution is 7.89. The number of rotatable bonds is 11. The summed E-state index contributed by atoms with van der Waals surface area (Å²) in [5, 5.41) is 0. The number of esters is 1. The van der Waals surface area contributed by atoms with Gasteiger partial charge in [0, 0.05) is 37.2 Å². The van der Waals surface area contributed by atoms with Crippen molar-refractivity contribution in [2.75, 3.05) is 20.3 Å². The molecule has 9 heteroatoms. The Balaban J connectivity index is 1.65. The molecule has 0 fully saturated rings. The summed E-state index contributed by atoms with van der Waals surface area (Å²) in [4.78, 5) is 25.1. The molecule has 180 valence electrons. The minimum atomic E-state index is -3.84. The summed E-state index contributed by atoms with van der Waals surface area (Å²) < 4.78 is 40.1. The van der Waals surface area contributed by atoms with Crippen LogP contribution in [0.25, 0.3) is 0 Å². The van der Waals surface area contributed by atoms with Crippen molar-refractivity contribution in [2.24, 2.45) is 0 Å². The zero-order chi connectivity index (χ0) is 24.7. The van der Waals surface area contributed by atoms with Gasteiger partial charge in [-0.2, -0.15) is 0 Å². The van der Waals surface area contributed by atoms with E-state index in [4.69, 9.17) is 9.47 Å². The largest absolute Gasteiger partial charge is 0.454 e. The van der Waals surface area contributed by atoms with Gasteiger partial charge in [0.05, 0.1) is 17.1 Å². The first-order valence-electron chi connectivity index (χ1n) is 10.7. The molecule has 0 atom stereocenters. The van der Waals surface area contributed by atoms with Gasteiger partial charge < -0.3 is 14.0 Å². The maximum absolute atomic E-state index is 12.7. The van der Waals surface area contributed by atoms with E-state index in [1.807, 2.05) is 48.7 Å². The summed E-state index contributed by atoms with van der Waals surface area (Å²) in [6.07, 6.45) is 0. The Labute approximate surface area is 199 Å². The number of methoxy groups -OCH3 is 1. The Hall–Kier alpha value is -3.27. The van der Waals surface area contributed by atoms with Gasteiger partial charge in [-0.05, 0) is 43.7 Å². The number of nitrogens with one attached hydrogen (secondary N) is 1. The Morgan fingerprint density at radius 1 is 1.00 bits per heavy atom. The minimum Gasteiger partial charge on any atom is -0.454 e. The number of aromatic nitrogens is 1. The van der Waals surface area contributed by atoms with Gasteiger partial charge in [0.25, 0.3) is 0 Å². The zero-order valence-electron chi connectivity index (χ0n) is 19.4. The maximum atomic E-state index is 12.7. The third kappa shape index (κ3) is 6.19. The van der Waals surface area contributed by atoms with Gasteiger partial charge in [-0.15, -0.1) is 0 Å². The average Bonchev–Trinajstić information content (AvgIpc) is 3.13. The number of Topliss-reactive ketones (excluding diaryl/α,β-unsaturated/α-hetero) is 1. The summed E-state index contributed by atoms with van der Waals surface area (Å²) in [5.41, 5.74) is 3.00. The first-order valence-corrected chi connectivity index (χ1v) is 12.2. The predicted molar refractivity (Wildman–Crippen MR) is 127 cm³/mol. The van der Waals surface area contributed by atoms with Crippen molar-refractivity contribution in [3.63, 3.8) is 0 Å². The lowest BCUT2D eigenvalue weighted by Crippen LogP contribution is -2.23. The topological polar surface area (TPSA) is 104 Å². The monoisotopic (exact) mass is 484 g/mol. The number of carbonyl (C=O) groups is 2. The summed E-state index contributed by atoms with van der Waals surface area (Å²) in [7, 11) is -2.23. The van der Waals surface area contributed by atoms with Gasteiger partial charge in [0.15, 0.2) is 6.61 Å². The lowest BCUT2D eigenvalue weighted by atomic mass is 10.1. The molecule has 0 aliphatic carbocycles. The highest BCUT2D eigenvalue weighted by Gasteiger charge is 2.20. The summed E-state index contributed by atoms with van der Waals surface area (Å²) in [6.45, 7) is 4.52. The van der Waals surface area contributed by atoms with E-state index in [0.29, 0.717) is 18.7 Å². The molecule has 8 nitrogen and oxygen atoms in total. The first-order chi connectivity index (χ1) is 16.2. The Bertz CT molecular complexity index is 1270. The lowest BCUT2D eigenvalue weighted by molar-refractivity contribution is 0.0474. The van der Waals surface area contributed by atoms with E-state index in [9.17, 15) is 18.0 Å². The normalized spacial score (nSPS) is 11.4. The predicted octanol–water partition coefficient (Wildman–Crippen LogP) is 3.27. The molecule has 0 amide bonds. The van der Waals surface area contributed by atoms with Crippen LogP contribution in [0.5, 0.6) is 0 Å². The highest BCUT2D eigenvalue weighted by Crippen LogP contribution is 2.17. The van der Waals surface area contributed by atoms with Crippen molar-refractivity contribution in [1.82, 2.24) is 9.29 Å². The van der Waals surface area contributed by atoms with Crippen LogP contribution >= 0.6 is 0 Å². The van der Waals surface area contributed by atoms with Crippen LogP contribution in [0.15, 0.2) is 65.6 Å². The number of benzene rings is 2. The van der Waals surface area contributed by atoms with Crippen LogP contribution in [0.1, 0.15) is 37.7 Å². The number of hydrogen-bond donors (Lipinski definition) is 1. The Kier molecular flexibility index (Phi) is 8.38. The van der Waals surface area contributed by atoms with Gasteiger partial charge >= 0.3 is 5.97 Å². The fourth-order valence-corrected chi connectivity index (χ4v) is 4.61. The summed E-state index contributed by atoms with van der Waals surface area (Å²) in [6, 6.07) is 16.4. The van der Waals surface area contributed by atoms with Gasteiger partial charge in [-0.3, -0.25) is 4.79 Å². The van der Waals surface area contributed by atoms with Crippen LogP contribution < -0.4 is 4.72 Å². The number of ether oxygens (including phenoxy) is 2. The number of hydrogen-bond acceptors (Lipinski definition) is 6. The minimum absolute atomic E-state index is 0.0425. The number of sulfonamides is 1. The SMILES string of the molecule is COCCn1c(C)cc(C(=O)COC(=O)c2cccc(S(=O)(=O)NCc3ccccc3)c2)c1C. The molecule has 0 aliphatic heterocycles. The smallest absolute Gasteiger partial charge is 0.338 e. The Morgan fingerprint density at radius 3 is 2.44 bits per heavy atom. The molecule has 34 heavy (non-hydrogen) atoms. The molecule has 0 spiro atoms. The lowest BCUT2D eigenvalue weighted by Gasteiger charge is -2.10. The van der Waals surface area contributed by atoms with E-state index in [2.05, 4.69) is 4.72 Å². The van der Waals surface area contributed by atoms with Crippen LogP contribution in [0.3, 0.4) is 0 Å². The molecule has 3 aromatic rings. The average molecular weight is 485 g/mol. The highest BCUT2D eigenvalue weighted by atomic mass is 32.2. The van der Waals surface area contributed by atoms with E-state index >= 15 is 0 Å². The van der Waals surface area contributed by atoms with Crippen molar-refractivity contribution < 1.29 is 27.5 Å². The van der Waals surface area contributed by atoms with Crippen molar-refractivity contribution in [3.05, 3.63) is 88.7 Å². The van der Waals surface area contributed by atoms with Gasteiger partial charge in [-0.25, -0.2) is 17.9 Å². The molecule has 1 N–H and O–H groups in total. The van der Waals surface area contributed by atoms with Crippen LogP contribution in [0.2, 0.25) is 0 Å². The molecule has 0 aliphatic rings. The third-order valence-electron chi connectivity index (χ3n) is 5.42. The molecular formula is C25H28N2O6S. The van der Waals surface area contributed by atoms with Gasteiger partial charge in [-0.1, -0.05) is 36.4 Å². The first kappa shape index (κ1) is 25.4. The van der Waals surface area contributed by atoms with Gasteiger partial charge in [0.2, 0.25) is 15.8 Å². The van der Waals surface area contributed by atoms with Gasteiger partial charge in [0.1, 0.15) is 0 Å². The van der Waals surface area contributed by atoms with Crippen LogP contribution in [0, 0.1) is 13.8 Å². The molecule has 3 rings (SSSR count). The molecule has 0 saturated heterocycles. The standard InChI is InChI=1S/C25H28N2O6S/c1-18-14-23(19(2)27(18)12-13-32-3)24(28)17-33-25(29)21-10-7-11-22(15-21)34(30,31)26-16-20-8-5-4-6-9-20/h4-11,14-15,26H,12-13,16-17H2,1-3H3. The molecular weight excluding hydrogens is 456 g/mol. The molecule has 2 aromatic carbocycles. The quantitative estimate of drug-likeness (QED) is 0.331. The fraction of sp³-hybridized carbons (Fsp3) is 0.280. The molecule has 0 saturated carbocycles. The Morgan fingerprint density at radius 2 is 1.74 bits per heavy atom. The molecule has 1 aromatic heterocycles. The van der Waals surface area contributed by atoms with E-state index in [-0.39, 0.29) is 22.8 Å². The number of carbonyl (C=O) groups excluding carboxylic acids is 2.